The fourth-order valence-electron chi connectivity index (χ4n) is 11.8. The molecular weight excluding hydrogens is 1100 g/mol. The molecule has 3 fully saturated rings. The van der Waals surface area contributed by atoms with Crippen LogP contribution in [0.15, 0.2) is 0 Å². The largest absolute Gasteiger partial charge is 0.394 e. The second-order valence-corrected chi connectivity index (χ2v) is 25.1. The van der Waals surface area contributed by atoms with E-state index in [1.54, 1.807) is 0 Å². The third kappa shape index (κ3) is 29.1. The predicted molar refractivity (Wildman–Crippen MR) is 320 cm³/mol. The maximum Gasteiger partial charge on any atom is 0.249 e. The van der Waals surface area contributed by atoms with Crippen molar-refractivity contribution in [3.63, 3.8) is 0 Å². The lowest BCUT2D eigenvalue weighted by atomic mass is 9.93. The maximum atomic E-state index is 13.8. The van der Waals surface area contributed by atoms with Crippen LogP contribution in [0.2, 0.25) is 0 Å². The molecule has 3 aliphatic heterocycles. The summed E-state index contributed by atoms with van der Waals surface area (Å²) in [7, 11) is 0. The molecule has 500 valence electrons. The van der Waals surface area contributed by atoms with Gasteiger partial charge < -0.3 is 95.4 Å². The number of carbonyl (C=O) groups is 3. The number of aliphatic hydroxyl groups excluding tert-OH is 10. The monoisotopic (exact) mass is 1220 g/mol. The van der Waals surface area contributed by atoms with Crippen LogP contribution in [-0.2, 0) is 42.8 Å². The number of nitrogens with one attached hydrogen (secondary N) is 3. The van der Waals surface area contributed by atoms with Crippen molar-refractivity contribution in [2.24, 2.45) is 5.92 Å². The Morgan fingerprint density at radius 2 is 0.918 bits per heavy atom. The second kappa shape index (κ2) is 44.3. The van der Waals surface area contributed by atoms with Crippen LogP contribution < -0.4 is 16.0 Å². The lowest BCUT2D eigenvalue weighted by Gasteiger charge is -2.50. The molecule has 0 aromatic heterocycles. The average Bonchev–Trinajstić information content (AvgIpc) is 1.27. The van der Waals surface area contributed by atoms with Crippen molar-refractivity contribution >= 4 is 17.7 Å². The summed E-state index contributed by atoms with van der Waals surface area (Å²) in [5.41, 5.74) is 0. The molecule has 22 heteroatoms. The summed E-state index contributed by atoms with van der Waals surface area (Å²) in [5, 5.41) is 118. The lowest BCUT2D eigenvalue weighted by Crippen LogP contribution is -2.71. The van der Waals surface area contributed by atoms with E-state index in [0.717, 1.165) is 71.6 Å². The summed E-state index contributed by atoms with van der Waals surface area (Å²) in [4.78, 5) is 39.3. The highest BCUT2D eigenvalue weighted by atomic mass is 16.8. The van der Waals surface area contributed by atoms with Crippen molar-refractivity contribution in [1.29, 1.82) is 0 Å². The van der Waals surface area contributed by atoms with E-state index >= 15 is 0 Å². The highest BCUT2D eigenvalue weighted by Gasteiger charge is 2.55. The van der Waals surface area contributed by atoms with E-state index < -0.39 is 154 Å². The van der Waals surface area contributed by atoms with Gasteiger partial charge in [-0.3, -0.25) is 14.4 Å². The molecule has 3 heterocycles. The number of rotatable bonds is 47. The van der Waals surface area contributed by atoms with Gasteiger partial charge in [0.05, 0.1) is 38.1 Å². The van der Waals surface area contributed by atoms with Gasteiger partial charge in [0.1, 0.15) is 79.2 Å². The van der Waals surface area contributed by atoms with E-state index in [-0.39, 0.29) is 12.8 Å². The van der Waals surface area contributed by atoms with Crippen molar-refractivity contribution in [3.8, 4) is 0 Å². The molecule has 0 spiro atoms. The summed E-state index contributed by atoms with van der Waals surface area (Å²) in [6.07, 6.45) is 7.97. The Morgan fingerprint density at radius 1 is 0.482 bits per heavy atom. The minimum absolute atomic E-state index is 0.145. The number of ether oxygens (including phenoxy) is 6. The molecule has 0 bridgehead atoms. The first-order valence-corrected chi connectivity index (χ1v) is 33.2. The first-order valence-electron chi connectivity index (χ1n) is 33.2. The Morgan fingerprint density at radius 3 is 1.39 bits per heavy atom. The van der Waals surface area contributed by atoms with Gasteiger partial charge in [0, 0.05) is 13.8 Å². The predicted octanol–water partition coefficient (Wildman–Crippen LogP) is 5.10. The Hall–Kier alpha value is -2.23. The second-order valence-electron chi connectivity index (χ2n) is 25.1. The summed E-state index contributed by atoms with van der Waals surface area (Å²) in [6.45, 7) is 8.10. The summed E-state index contributed by atoms with van der Waals surface area (Å²) in [6, 6.07) is -4.44. The first kappa shape index (κ1) is 77.0. The van der Waals surface area contributed by atoms with Crippen molar-refractivity contribution < 1.29 is 93.9 Å². The van der Waals surface area contributed by atoms with Gasteiger partial charge in [0.2, 0.25) is 17.7 Å². The van der Waals surface area contributed by atoms with Crippen LogP contribution in [0.5, 0.6) is 0 Å². The Bertz CT molecular complexity index is 1740. The molecule has 22 nitrogen and oxygen atoms in total. The fourth-order valence-corrected chi connectivity index (χ4v) is 11.8. The molecule has 19 atom stereocenters. The normalized spacial score (nSPS) is 29.5. The SMILES string of the molecule is CCCCCCCCCCCCCCCCCCCCC[C@@H](O)C(=O)N[C@@H](CO[C@@H]1O[C@H](CO)[C@@H](O[C@@H]2O[C@H](CO)[C@H](O)[C@H](O)[C@H]2NC(C)=O)[C@H](O[C@H]2O[C@H](C)[C@H](O)[C@H](O)[C@H]2O)[C@H]1NC(C)=O)[C@H](O)[C@H](O)CCCCCCCCCCCC(C)C. The average molecular weight is 1220 g/mol. The highest BCUT2D eigenvalue weighted by molar-refractivity contribution is 5.80. The van der Waals surface area contributed by atoms with Crippen LogP contribution in [0, 0.1) is 5.92 Å². The van der Waals surface area contributed by atoms with Gasteiger partial charge >= 0.3 is 0 Å². The summed E-state index contributed by atoms with van der Waals surface area (Å²) in [5.74, 6) is -1.48. The van der Waals surface area contributed by atoms with Gasteiger partial charge in [-0.05, 0) is 25.7 Å². The molecule has 3 aliphatic rings. The topological polar surface area (TPSA) is 345 Å². The van der Waals surface area contributed by atoms with Gasteiger partial charge in [-0.25, -0.2) is 0 Å². The number of carbonyl (C=O) groups excluding carboxylic acids is 3. The third-order valence-electron chi connectivity index (χ3n) is 17.1. The van der Waals surface area contributed by atoms with Gasteiger partial charge in [-0.15, -0.1) is 0 Å². The maximum absolute atomic E-state index is 13.8. The Labute approximate surface area is 508 Å². The zero-order valence-electron chi connectivity index (χ0n) is 52.7. The number of amides is 3. The molecule has 0 aliphatic carbocycles. The molecule has 0 radical (unpaired) electrons. The van der Waals surface area contributed by atoms with E-state index in [2.05, 4.69) is 36.7 Å². The van der Waals surface area contributed by atoms with Crippen molar-refractivity contribution in [2.75, 3.05) is 19.8 Å². The Balaban J connectivity index is 1.75. The Kier molecular flexibility index (Phi) is 40.1. The standard InChI is InChI=1S/C63H119N3O19/c1-7-8-9-10-11-12-13-14-15-16-17-18-19-20-21-24-28-31-34-37-47(72)60(79)66-45(53(74)46(71)36-33-30-27-25-22-23-26-29-32-35-41(2)3)40-80-61-51(65-44(6)70)59(85-63-57(78)56(77)52(73)42(4)81-63)58(49(39-68)83-61)84-62-50(64-43(5)69)55(76)54(75)48(38-67)82-62/h41-42,45-59,61-63,67-68,71-78H,7-40H2,1-6H3,(H,64,69)(H,65,70)(H,66,79)/t42-,45+,46-,47-,48-,49-,50-,51-,52+,53+,54+,55-,56+,57-,58-,59-,61-,62+,63-/m1/s1. The zero-order valence-corrected chi connectivity index (χ0v) is 52.7. The van der Waals surface area contributed by atoms with Crippen molar-refractivity contribution in [3.05, 3.63) is 0 Å². The molecule has 85 heavy (non-hydrogen) atoms. The molecule has 13 N–H and O–H groups in total. The smallest absolute Gasteiger partial charge is 0.249 e. The summed E-state index contributed by atoms with van der Waals surface area (Å²) < 4.78 is 36.9. The quantitative estimate of drug-likeness (QED) is 0.0352. The van der Waals surface area contributed by atoms with Crippen LogP contribution in [0.25, 0.3) is 0 Å². The molecule has 3 rings (SSSR count). The van der Waals surface area contributed by atoms with E-state index in [9.17, 15) is 65.4 Å². The minimum atomic E-state index is -1.92. The van der Waals surface area contributed by atoms with Crippen LogP contribution in [-0.4, -0.2) is 205 Å². The van der Waals surface area contributed by atoms with Crippen molar-refractivity contribution in [2.45, 2.75) is 357 Å². The van der Waals surface area contributed by atoms with E-state index in [4.69, 9.17) is 28.4 Å². The van der Waals surface area contributed by atoms with E-state index in [0.29, 0.717) is 18.8 Å². The number of unbranched alkanes of at least 4 members (excludes halogenated alkanes) is 26. The molecule has 3 amide bonds. The molecule has 0 unspecified atom stereocenters. The van der Waals surface area contributed by atoms with Crippen molar-refractivity contribution in [1.82, 2.24) is 16.0 Å². The fraction of sp³-hybridized carbons (Fsp3) is 0.952. The molecule has 3 saturated heterocycles. The first-order chi connectivity index (χ1) is 40.7. The van der Waals surface area contributed by atoms with E-state index in [1.807, 2.05) is 0 Å². The number of hydrogen-bond acceptors (Lipinski definition) is 19. The molecule has 0 aromatic rings. The van der Waals surface area contributed by atoms with Crippen LogP contribution in [0.4, 0.5) is 0 Å². The zero-order chi connectivity index (χ0) is 62.7. The van der Waals surface area contributed by atoms with Gasteiger partial charge in [0.15, 0.2) is 18.9 Å². The van der Waals surface area contributed by atoms with Gasteiger partial charge in [-0.2, -0.15) is 0 Å². The number of hydrogen-bond donors (Lipinski definition) is 13. The number of aliphatic hydroxyl groups is 10. The highest BCUT2D eigenvalue weighted by Crippen LogP contribution is 2.34. The minimum Gasteiger partial charge on any atom is -0.394 e. The van der Waals surface area contributed by atoms with E-state index in [1.165, 1.54) is 122 Å². The molecule has 0 saturated carbocycles. The molecule has 0 aromatic carbocycles. The third-order valence-corrected chi connectivity index (χ3v) is 17.1. The van der Waals surface area contributed by atoms with Crippen LogP contribution >= 0.6 is 0 Å². The summed E-state index contributed by atoms with van der Waals surface area (Å²) >= 11 is 0. The molecular formula is C63H119N3O19. The van der Waals surface area contributed by atoms with Gasteiger partial charge in [0.25, 0.3) is 0 Å². The van der Waals surface area contributed by atoms with Crippen LogP contribution in [0.3, 0.4) is 0 Å². The van der Waals surface area contributed by atoms with Crippen LogP contribution in [0.1, 0.15) is 241 Å². The lowest BCUT2D eigenvalue weighted by molar-refractivity contribution is -0.366. The van der Waals surface area contributed by atoms with Gasteiger partial charge in [-0.1, -0.05) is 207 Å².